The maximum Gasteiger partial charge on any atom is 0.164 e. The van der Waals surface area contributed by atoms with Gasteiger partial charge < -0.3 is 24.1 Å². The Morgan fingerprint density at radius 2 is 2.06 bits per heavy atom. The van der Waals surface area contributed by atoms with Crippen LogP contribution in [-0.4, -0.2) is 55.6 Å². The van der Waals surface area contributed by atoms with Crippen LogP contribution in [0.5, 0.6) is 0 Å². The van der Waals surface area contributed by atoms with Gasteiger partial charge in [-0.2, -0.15) is 0 Å². The number of methoxy groups -OCH3 is 2. The summed E-state index contributed by atoms with van der Waals surface area (Å²) in [7, 11) is 3.13. The van der Waals surface area contributed by atoms with E-state index in [0.29, 0.717) is 6.61 Å². The Hall–Kier alpha value is -0.460. The lowest BCUT2D eigenvalue weighted by atomic mass is 9.92. The zero-order chi connectivity index (χ0) is 14.0. The first-order valence-corrected chi connectivity index (χ1v) is 6.00. The summed E-state index contributed by atoms with van der Waals surface area (Å²) in [6, 6.07) is 0. The van der Waals surface area contributed by atoms with E-state index in [1.165, 1.54) is 13.2 Å². The van der Waals surface area contributed by atoms with Gasteiger partial charge in [0.2, 0.25) is 0 Å². The molecule has 1 heterocycles. The minimum atomic E-state index is -1.20. The molecule has 4 atom stereocenters. The van der Waals surface area contributed by atoms with Gasteiger partial charge in [-0.05, 0) is 20.8 Å². The molecule has 0 amide bonds. The highest BCUT2D eigenvalue weighted by Crippen LogP contribution is 2.34. The SMILES string of the molecule is C=C[C@](C)(O)[C@H](OC)[C@H]1OC(C)(C)O[C@H]1COC. The Morgan fingerprint density at radius 1 is 1.44 bits per heavy atom. The molecule has 5 heteroatoms. The van der Waals surface area contributed by atoms with Gasteiger partial charge in [-0.1, -0.05) is 6.08 Å². The first kappa shape index (κ1) is 15.6. The van der Waals surface area contributed by atoms with Gasteiger partial charge in [0.1, 0.15) is 23.9 Å². The van der Waals surface area contributed by atoms with Crippen molar-refractivity contribution in [3.05, 3.63) is 12.7 Å². The molecule has 1 saturated heterocycles. The second kappa shape index (κ2) is 5.67. The zero-order valence-corrected chi connectivity index (χ0v) is 11.8. The molecular weight excluding hydrogens is 236 g/mol. The molecule has 1 aliphatic rings. The van der Waals surface area contributed by atoms with Crippen LogP contribution < -0.4 is 0 Å². The Balaban J connectivity index is 2.92. The molecular formula is C13H24O5. The van der Waals surface area contributed by atoms with Crippen molar-refractivity contribution < 1.29 is 24.1 Å². The monoisotopic (exact) mass is 260 g/mol. The molecule has 5 nitrogen and oxygen atoms in total. The molecule has 106 valence electrons. The third-order valence-corrected chi connectivity index (χ3v) is 3.09. The molecule has 0 radical (unpaired) electrons. The number of hydrogen-bond donors (Lipinski definition) is 1. The lowest BCUT2D eigenvalue weighted by Crippen LogP contribution is -2.51. The van der Waals surface area contributed by atoms with Crippen molar-refractivity contribution in [1.82, 2.24) is 0 Å². The van der Waals surface area contributed by atoms with Crippen molar-refractivity contribution >= 4 is 0 Å². The maximum atomic E-state index is 10.3. The third-order valence-electron chi connectivity index (χ3n) is 3.09. The topological polar surface area (TPSA) is 57.2 Å². The van der Waals surface area contributed by atoms with Gasteiger partial charge in [0, 0.05) is 14.2 Å². The quantitative estimate of drug-likeness (QED) is 0.725. The number of rotatable bonds is 6. The highest BCUT2D eigenvalue weighted by Gasteiger charge is 2.50. The second-order valence-electron chi connectivity index (χ2n) is 5.18. The average molecular weight is 260 g/mol. The molecule has 0 aromatic carbocycles. The van der Waals surface area contributed by atoms with Crippen LogP contribution in [0.15, 0.2) is 12.7 Å². The molecule has 0 aliphatic carbocycles. The van der Waals surface area contributed by atoms with Crippen molar-refractivity contribution in [3.63, 3.8) is 0 Å². The lowest BCUT2D eigenvalue weighted by molar-refractivity contribution is -0.173. The van der Waals surface area contributed by atoms with Crippen LogP contribution in [0, 0.1) is 0 Å². The maximum absolute atomic E-state index is 10.3. The van der Waals surface area contributed by atoms with E-state index in [9.17, 15) is 5.11 Å². The highest BCUT2D eigenvalue weighted by molar-refractivity contribution is 5.04. The molecule has 1 N–H and O–H groups in total. The molecule has 0 bridgehead atoms. The van der Waals surface area contributed by atoms with E-state index in [2.05, 4.69) is 6.58 Å². The summed E-state index contributed by atoms with van der Waals surface area (Å²) >= 11 is 0. The van der Waals surface area contributed by atoms with E-state index in [-0.39, 0.29) is 6.10 Å². The highest BCUT2D eigenvalue weighted by atomic mass is 16.8. The van der Waals surface area contributed by atoms with Crippen LogP contribution in [0.4, 0.5) is 0 Å². The second-order valence-corrected chi connectivity index (χ2v) is 5.18. The van der Waals surface area contributed by atoms with Crippen LogP contribution in [-0.2, 0) is 18.9 Å². The van der Waals surface area contributed by atoms with Crippen LogP contribution in [0.1, 0.15) is 20.8 Å². The number of ether oxygens (including phenoxy) is 4. The molecule has 0 saturated carbocycles. The Kier molecular flexibility index (Phi) is 4.91. The fraction of sp³-hybridized carbons (Fsp3) is 0.846. The van der Waals surface area contributed by atoms with Gasteiger partial charge in [0.15, 0.2) is 5.79 Å². The van der Waals surface area contributed by atoms with E-state index in [4.69, 9.17) is 18.9 Å². The van der Waals surface area contributed by atoms with Gasteiger partial charge in [0.25, 0.3) is 0 Å². The van der Waals surface area contributed by atoms with E-state index in [0.717, 1.165) is 0 Å². The van der Waals surface area contributed by atoms with Crippen molar-refractivity contribution in [1.29, 1.82) is 0 Å². The fourth-order valence-electron chi connectivity index (χ4n) is 2.23. The van der Waals surface area contributed by atoms with E-state index >= 15 is 0 Å². The Bertz CT molecular complexity index is 287. The number of aliphatic hydroxyl groups is 1. The van der Waals surface area contributed by atoms with Gasteiger partial charge in [-0.25, -0.2) is 0 Å². The van der Waals surface area contributed by atoms with Gasteiger partial charge >= 0.3 is 0 Å². The predicted octanol–water partition coefficient (Wildman–Crippen LogP) is 1.10. The molecule has 1 aliphatic heterocycles. The van der Waals surface area contributed by atoms with Gasteiger partial charge in [0.05, 0.1) is 6.61 Å². The Labute approximate surface area is 109 Å². The molecule has 1 fully saturated rings. The third kappa shape index (κ3) is 3.30. The fourth-order valence-corrected chi connectivity index (χ4v) is 2.23. The average Bonchev–Trinajstić information content (AvgIpc) is 2.55. The molecule has 0 unspecified atom stereocenters. The molecule has 1 rings (SSSR count). The van der Waals surface area contributed by atoms with E-state index < -0.39 is 23.6 Å². The smallest absolute Gasteiger partial charge is 0.164 e. The Morgan fingerprint density at radius 3 is 2.50 bits per heavy atom. The van der Waals surface area contributed by atoms with Crippen molar-refractivity contribution in [2.45, 2.75) is 50.5 Å². The zero-order valence-electron chi connectivity index (χ0n) is 11.8. The summed E-state index contributed by atoms with van der Waals surface area (Å²) in [4.78, 5) is 0. The predicted molar refractivity (Wildman–Crippen MR) is 67.3 cm³/mol. The van der Waals surface area contributed by atoms with Gasteiger partial charge in [-0.15, -0.1) is 6.58 Å². The summed E-state index contributed by atoms with van der Waals surface area (Å²) in [6.07, 6.45) is 0.163. The molecule has 0 aromatic heterocycles. The summed E-state index contributed by atoms with van der Waals surface area (Å²) in [6.45, 7) is 9.28. The number of hydrogen-bond acceptors (Lipinski definition) is 5. The van der Waals surface area contributed by atoms with Crippen molar-refractivity contribution in [2.24, 2.45) is 0 Å². The van der Waals surface area contributed by atoms with E-state index in [1.807, 2.05) is 13.8 Å². The summed E-state index contributed by atoms with van der Waals surface area (Å²) in [5.41, 5.74) is -1.20. The summed E-state index contributed by atoms with van der Waals surface area (Å²) in [5, 5.41) is 10.3. The minimum absolute atomic E-state index is 0.290. The minimum Gasteiger partial charge on any atom is -0.383 e. The standard InChI is InChI=1S/C13H24O5/c1-7-13(4,14)11(16-6)10-9(8-15-5)17-12(2,3)18-10/h7,9-11,14H,1,8H2,2-6H3/t9-,10-,11+,13-/m0/s1. The first-order valence-electron chi connectivity index (χ1n) is 6.00. The van der Waals surface area contributed by atoms with Crippen molar-refractivity contribution in [2.75, 3.05) is 20.8 Å². The first-order chi connectivity index (χ1) is 8.27. The van der Waals surface area contributed by atoms with Crippen LogP contribution in [0.25, 0.3) is 0 Å². The summed E-state index contributed by atoms with van der Waals surface area (Å²) in [5.74, 6) is -0.720. The van der Waals surface area contributed by atoms with Crippen molar-refractivity contribution in [3.8, 4) is 0 Å². The normalized spacial score (nSPS) is 31.9. The lowest BCUT2D eigenvalue weighted by Gasteiger charge is -2.34. The van der Waals surface area contributed by atoms with Crippen LogP contribution in [0.3, 0.4) is 0 Å². The molecule has 18 heavy (non-hydrogen) atoms. The van der Waals surface area contributed by atoms with Crippen LogP contribution >= 0.6 is 0 Å². The summed E-state index contributed by atoms with van der Waals surface area (Å²) < 4.78 is 22.1. The molecule has 0 spiro atoms. The van der Waals surface area contributed by atoms with Gasteiger partial charge in [-0.3, -0.25) is 0 Å². The van der Waals surface area contributed by atoms with E-state index in [1.54, 1.807) is 14.0 Å². The van der Waals surface area contributed by atoms with Crippen LogP contribution in [0.2, 0.25) is 0 Å². The largest absolute Gasteiger partial charge is 0.383 e. The molecule has 0 aromatic rings.